The molecule has 2 aliphatic rings. The van der Waals surface area contributed by atoms with Crippen LogP contribution in [0.2, 0.25) is 0 Å². The van der Waals surface area contributed by atoms with Crippen molar-refractivity contribution in [2.24, 2.45) is 11.8 Å². The van der Waals surface area contributed by atoms with Crippen molar-refractivity contribution >= 4 is 29.0 Å². The van der Waals surface area contributed by atoms with Crippen molar-refractivity contribution in [1.29, 1.82) is 0 Å². The second-order valence-electron chi connectivity index (χ2n) is 9.03. The van der Waals surface area contributed by atoms with Crippen LogP contribution in [0.3, 0.4) is 0 Å². The van der Waals surface area contributed by atoms with Crippen molar-refractivity contribution in [3.8, 4) is 0 Å². The molecule has 1 aliphatic heterocycles. The summed E-state index contributed by atoms with van der Waals surface area (Å²) < 4.78 is 16.8. The molecule has 2 aromatic rings. The standard InChI is InChI=1S/C22H32N6O7/c1-3-24-20(31)17-15(29)16(30)21(35-17)28-10-25-14-18(23)26-13(27-19(14)28)8-11-4-6-12(7-5-11)9-34-22(32)33-2/h10-12,15-17,21,29-30H,3-9H2,1-2H3,(H,24,31)(H2,23,26,27)/t11?,12?,15-,16?,17+,21-/m1/s1. The molecule has 13 heteroatoms. The summed E-state index contributed by atoms with van der Waals surface area (Å²) in [5.74, 6) is 0.880. The molecule has 1 saturated heterocycles. The van der Waals surface area contributed by atoms with E-state index >= 15 is 0 Å². The zero-order valence-corrected chi connectivity index (χ0v) is 19.8. The number of hydrogen-bond acceptors (Lipinski definition) is 11. The highest BCUT2D eigenvalue weighted by molar-refractivity contribution is 5.83. The minimum atomic E-state index is -1.40. The smallest absolute Gasteiger partial charge is 0.438 e. The van der Waals surface area contributed by atoms with Gasteiger partial charge in [0.05, 0.1) is 20.0 Å². The van der Waals surface area contributed by atoms with Crippen LogP contribution in [0.1, 0.15) is 44.7 Å². The zero-order valence-electron chi connectivity index (χ0n) is 19.8. The van der Waals surface area contributed by atoms with E-state index in [1.807, 2.05) is 0 Å². The van der Waals surface area contributed by atoms with E-state index in [0.717, 1.165) is 25.7 Å². The Kier molecular flexibility index (Phi) is 7.67. The Morgan fingerprint density at radius 1 is 1.20 bits per heavy atom. The first-order valence-electron chi connectivity index (χ1n) is 11.8. The Bertz CT molecular complexity index is 1050. The van der Waals surface area contributed by atoms with Gasteiger partial charge in [-0.25, -0.2) is 19.7 Å². The number of nitrogens with two attached hydrogens (primary N) is 1. The number of anilines is 1. The topological polar surface area (TPSA) is 184 Å². The lowest BCUT2D eigenvalue weighted by molar-refractivity contribution is -0.137. The molecular weight excluding hydrogens is 460 g/mol. The normalized spacial score (nSPS) is 28.7. The molecule has 1 saturated carbocycles. The van der Waals surface area contributed by atoms with Crippen molar-refractivity contribution in [2.75, 3.05) is 26.0 Å². The number of imidazole rings is 1. The van der Waals surface area contributed by atoms with Crippen molar-refractivity contribution in [1.82, 2.24) is 24.8 Å². The van der Waals surface area contributed by atoms with Gasteiger partial charge in [-0.15, -0.1) is 0 Å². The molecule has 4 atom stereocenters. The third-order valence-electron chi connectivity index (χ3n) is 6.66. The number of nitrogens with zero attached hydrogens (tertiary/aromatic N) is 4. The number of fused-ring (bicyclic) bond motifs is 1. The van der Waals surface area contributed by atoms with Gasteiger partial charge in [-0.2, -0.15) is 0 Å². The SMILES string of the molecule is CCNC(=O)[C@H]1O[C@@H](n2cnc3c(N)nc(CC4CCC(COC(=O)OC)CC4)nc32)C(O)[C@H]1O. The lowest BCUT2D eigenvalue weighted by atomic mass is 9.81. The number of carbonyl (C=O) groups is 2. The molecule has 0 aromatic carbocycles. The molecule has 5 N–H and O–H groups in total. The van der Waals surface area contributed by atoms with Gasteiger partial charge in [-0.05, 0) is 44.4 Å². The predicted molar refractivity (Wildman–Crippen MR) is 122 cm³/mol. The second kappa shape index (κ2) is 10.7. The van der Waals surface area contributed by atoms with Gasteiger partial charge in [0.15, 0.2) is 23.8 Å². The minimum absolute atomic E-state index is 0.206. The molecule has 0 bridgehead atoms. The highest BCUT2D eigenvalue weighted by Gasteiger charge is 2.47. The molecule has 192 valence electrons. The van der Waals surface area contributed by atoms with Crippen LogP contribution >= 0.6 is 0 Å². The summed E-state index contributed by atoms with van der Waals surface area (Å²) in [7, 11) is 1.29. The molecule has 1 unspecified atom stereocenters. The average Bonchev–Trinajstić information content (AvgIpc) is 3.39. The second-order valence-corrected chi connectivity index (χ2v) is 9.03. The first kappa shape index (κ1) is 25.1. The number of likely N-dealkylation sites (N-methyl/N-ethyl adjacent to an activating group) is 1. The summed E-state index contributed by atoms with van der Waals surface area (Å²) in [6.45, 7) is 2.47. The summed E-state index contributed by atoms with van der Waals surface area (Å²) in [4.78, 5) is 36.7. The molecule has 2 fully saturated rings. The van der Waals surface area contributed by atoms with E-state index in [0.29, 0.717) is 48.4 Å². The Balaban J connectivity index is 1.46. The average molecular weight is 493 g/mol. The van der Waals surface area contributed by atoms with Gasteiger partial charge in [-0.3, -0.25) is 9.36 Å². The summed E-state index contributed by atoms with van der Waals surface area (Å²) >= 11 is 0. The molecule has 1 aliphatic carbocycles. The molecule has 13 nitrogen and oxygen atoms in total. The quantitative estimate of drug-likeness (QED) is 0.390. The van der Waals surface area contributed by atoms with Crippen LogP contribution in [-0.4, -0.2) is 80.4 Å². The van der Waals surface area contributed by atoms with Crippen LogP contribution in [0.25, 0.3) is 11.2 Å². The molecule has 1 amide bonds. The first-order valence-corrected chi connectivity index (χ1v) is 11.8. The maximum atomic E-state index is 12.2. The first-order chi connectivity index (χ1) is 16.8. The van der Waals surface area contributed by atoms with Gasteiger partial charge in [0.1, 0.15) is 23.5 Å². The number of aromatic nitrogens is 4. The molecule has 4 rings (SSSR count). The number of methoxy groups -OCH3 is 1. The van der Waals surface area contributed by atoms with Crippen molar-refractivity contribution in [3.05, 3.63) is 12.2 Å². The number of aliphatic hydroxyl groups is 2. The lowest BCUT2D eigenvalue weighted by Gasteiger charge is -2.27. The van der Waals surface area contributed by atoms with Crippen LogP contribution in [0, 0.1) is 11.8 Å². The van der Waals surface area contributed by atoms with Gasteiger partial charge >= 0.3 is 6.16 Å². The van der Waals surface area contributed by atoms with Crippen LogP contribution in [0.5, 0.6) is 0 Å². The van der Waals surface area contributed by atoms with Gasteiger partial charge in [0.25, 0.3) is 5.91 Å². The van der Waals surface area contributed by atoms with Crippen molar-refractivity contribution < 1.29 is 34.0 Å². The van der Waals surface area contributed by atoms with Gasteiger partial charge in [0, 0.05) is 13.0 Å². The molecule has 0 radical (unpaired) electrons. The van der Waals surface area contributed by atoms with Crippen LogP contribution in [-0.2, 0) is 25.4 Å². The number of ether oxygens (including phenoxy) is 3. The van der Waals surface area contributed by atoms with Crippen LogP contribution in [0.4, 0.5) is 10.6 Å². The summed E-state index contributed by atoms with van der Waals surface area (Å²) in [5.41, 5.74) is 6.86. The van der Waals surface area contributed by atoms with E-state index < -0.39 is 36.6 Å². The van der Waals surface area contributed by atoms with Gasteiger partial charge < -0.3 is 35.5 Å². The fourth-order valence-corrected chi connectivity index (χ4v) is 4.75. The number of carbonyl (C=O) groups excluding carboxylic acids is 2. The van der Waals surface area contributed by atoms with E-state index in [1.54, 1.807) is 6.92 Å². The monoisotopic (exact) mass is 492 g/mol. The van der Waals surface area contributed by atoms with Crippen LogP contribution < -0.4 is 11.1 Å². The lowest BCUT2D eigenvalue weighted by Crippen LogP contribution is -2.42. The third kappa shape index (κ3) is 5.31. The number of amides is 1. The summed E-state index contributed by atoms with van der Waals surface area (Å²) in [6, 6.07) is 0. The predicted octanol–water partition coefficient (Wildman–Crippen LogP) is 0.296. The van der Waals surface area contributed by atoms with E-state index in [2.05, 4.69) is 25.0 Å². The largest absolute Gasteiger partial charge is 0.507 e. The van der Waals surface area contributed by atoms with E-state index in [9.17, 15) is 19.8 Å². The molecule has 35 heavy (non-hydrogen) atoms. The molecular formula is C22H32N6O7. The highest BCUT2D eigenvalue weighted by atomic mass is 16.7. The number of nitrogen functional groups attached to an aromatic ring is 1. The maximum Gasteiger partial charge on any atom is 0.507 e. The third-order valence-corrected chi connectivity index (χ3v) is 6.66. The van der Waals surface area contributed by atoms with Crippen molar-refractivity contribution in [3.63, 3.8) is 0 Å². The van der Waals surface area contributed by atoms with E-state index in [-0.39, 0.29) is 5.82 Å². The molecule has 2 aromatic heterocycles. The number of hydrogen-bond donors (Lipinski definition) is 4. The number of nitrogens with one attached hydrogen (secondary N) is 1. The molecule has 3 heterocycles. The number of aliphatic hydroxyl groups excluding tert-OH is 2. The molecule has 0 spiro atoms. The Labute approximate surface area is 202 Å². The van der Waals surface area contributed by atoms with Crippen molar-refractivity contribution in [2.45, 2.75) is 63.6 Å². The number of rotatable bonds is 7. The van der Waals surface area contributed by atoms with E-state index in [1.165, 1.54) is 18.0 Å². The minimum Gasteiger partial charge on any atom is -0.438 e. The Hall–Kier alpha value is -3.03. The Morgan fingerprint density at radius 3 is 2.60 bits per heavy atom. The van der Waals surface area contributed by atoms with Crippen LogP contribution in [0.15, 0.2) is 6.33 Å². The van der Waals surface area contributed by atoms with Gasteiger partial charge in [0.2, 0.25) is 0 Å². The highest BCUT2D eigenvalue weighted by Crippen LogP contribution is 2.34. The fourth-order valence-electron chi connectivity index (χ4n) is 4.75. The fraction of sp³-hybridized carbons (Fsp3) is 0.682. The summed E-state index contributed by atoms with van der Waals surface area (Å²) in [5, 5.41) is 23.5. The van der Waals surface area contributed by atoms with E-state index in [4.69, 9.17) is 15.2 Å². The zero-order chi connectivity index (χ0) is 25.1. The Morgan fingerprint density at radius 2 is 1.91 bits per heavy atom. The maximum absolute atomic E-state index is 12.2. The van der Waals surface area contributed by atoms with Gasteiger partial charge in [-0.1, -0.05) is 0 Å². The summed E-state index contributed by atoms with van der Waals surface area (Å²) in [6.07, 6.45) is 0.00346.